The minimum Gasteiger partial charge on any atom is -0.357 e. The van der Waals surface area contributed by atoms with Gasteiger partial charge < -0.3 is 10.2 Å². The number of benzene rings is 3. The van der Waals surface area contributed by atoms with Crippen molar-refractivity contribution in [3.63, 3.8) is 0 Å². The molecule has 0 aromatic heterocycles. The van der Waals surface area contributed by atoms with Crippen molar-refractivity contribution in [3.8, 4) is 0 Å². The molecule has 33 heavy (non-hydrogen) atoms. The van der Waals surface area contributed by atoms with Gasteiger partial charge in [-0.05, 0) is 41.5 Å². The first-order valence-corrected chi connectivity index (χ1v) is 11.0. The molecule has 3 amide bonds. The Kier molecular flexibility index (Phi) is 4.40. The number of fused-ring (bicyclic) bond motifs is 5. The minimum absolute atomic E-state index is 0.258. The Labute approximate surface area is 191 Å². The Morgan fingerprint density at radius 1 is 0.758 bits per heavy atom. The molecule has 1 N–H and O–H groups in total. The molecule has 3 aromatic rings. The van der Waals surface area contributed by atoms with Gasteiger partial charge >= 0.3 is 0 Å². The molecule has 2 fully saturated rings. The SMILES string of the molecule is O=C(Nc1ccccc1)C1C2C(=O)N(c3ccccc3)C(=O)C2C2c3ccccc3C=CN12. The monoisotopic (exact) mass is 435 g/mol. The number of carbonyl (C=O) groups is 3. The highest BCUT2D eigenvalue weighted by Crippen LogP contribution is 2.53. The van der Waals surface area contributed by atoms with Crippen LogP contribution in [0, 0.1) is 11.8 Å². The van der Waals surface area contributed by atoms with Crippen LogP contribution in [0.4, 0.5) is 11.4 Å². The molecule has 3 heterocycles. The maximum absolute atomic E-state index is 13.7. The predicted molar refractivity (Wildman–Crippen MR) is 125 cm³/mol. The lowest BCUT2D eigenvalue weighted by atomic mass is 9.84. The summed E-state index contributed by atoms with van der Waals surface area (Å²) in [6.07, 6.45) is 3.80. The third-order valence-corrected chi connectivity index (χ3v) is 6.79. The highest BCUT2D eigenvalue weighted by molar-refractivity contribution is 6.24. The molecule has 6 rings (SSSR count). The molecule has 3 aliphatic rings. The molecular formula is C27H21N3O3. The zero-order chi connectivity index (χ0) is 22.5. The van der Waals surface area contributed by atoms with E-state index in [0.29, 0.717) is 11.4 Å². The topological polar surface area (TPSA) is 69.7 Å². The Morgan fingerprint density at radius 2 is 1.39 bits per heavy atom. The molecule has 0 radical (unpaired) electrons. The second-order valence-electron chi connectivity index (χ2n) is 8.54. The van der Waals surface area contributed by atoms with Crippen LogP contribution in [-0.4, -0.2) is 28.7 Å². The van der Waals surface area contributed by atoms with E-state index in [0.717, 1.165) is 11.1 Å². The predicted octanol–water partition coefficient (Wildman–Crippen LogP) is 3.84. The first-order valence-electron chi connectivity index (χ1n) is 11.0. The Morgan fingerprint density at radius 3 is 2.15 bits per heavy atom. The van der Waals surface area contributed by atoms with E-state index in [9.17, 15) is 14.4 Å². The molecule has 3 aliphatic heterocycles. The molecule has 0 saturated carbocycles. The zero-order valence-corrected chi connectivity index (χ0v) is 17.7. The summed E-state index contributed by atoms with van der Waals surface area (Å²) in [5.41, 5.74) is 3.15. The number of hydrogen-bond acceptors (Lipinski definition) is 4. The molecule has 162 valence electrons. The number of nitrogens with one attached hydrogen (secondary N) is 1. The number of carbonyl (C=O) groups excluding carboxylic acids is 3. The number of rotatable bonds is 3. The summed E-state index contributed by atoms with van der Waals surface area (Å²) in [4.78, 5) is 44.1. The van der Waals surface area contributed by atoms with Crippen molar-refractivity contribution >= 4 is 35.2 Å². The van der Waals surface area contributed by atoms with E-state index < -0.39 is 17.9 Å². The van der Waals surface area contributed by atoms with Crippen LogP contribution in [0.3, 0.4) is 0 Å². The molecule has 4 atom stereocenters. The van der Waals surface area contributed by atoms with Crippen molar-refractivity contribution in [2.45, 2.75) is 12.1 Å². The van der Waals surface area contributed by atoms with E-state index in [-0.39, 0.29) is 23.8 Å². The average molecular weight is 435 g/mol. The quantitative estimate of drug-likeness (QED) is 0.635. The van der Waals surface area contributed by atoms with E-state index in [2.05, 4.69) is 5.32 Å². The smallest absolute Gasteiger partial charge is 0.247 e. The molecule has 6 nitrogen and oxygen atoms in total. The Hall–Kier alpha value is -4.19. The van der Waals surface area contributed by atoms with Crippen molar-refractivity contribution in [2.75, 3.05) is 10.2 Å². The van der Waals surface area contributed by atoms with Gasteiger partial charge in [0.25, 0.3) is 0 Å². The van der Waals surface area contributed by atoms with Gasteiger partial charge in [0.05, 0.1) is 23.6 Å². The summed E-state index contributed by atoms with van der Waals surface area (Å²) in [5, 5.41) is 2.95. The third-order valence-electron chi connectivity index (χ3n) is 6.79. The number of imide groups is 1. The first kappa shape index (κ1) is 19.5. The van der Waals surface area contributed by atoms with E-state index in [1.165, 1.54) is 4.90 Å². The number of para-hydroxylation sites is 2. The van der Waals surface area contributed by atoms with Crippen LogP contribution < -0.4 is 10.2 Å². The van der Waals surface area contributed by atoms with Crippen molar-refractivity contribution < 1.29 is 14.4 Å². The van der Waals surface area contributed by atoms with E-state index in [1.807, 2.05) is 65.7 Å². The van der Waals surface area contributed by atoms with Crippen LogP contribution in [0.2, 0.25) is 0 Å². The van der Waals surface area contributed by atoms with E-state index >= 15 is 0 Å². The molecule has 0 bridgehead atoms. The molecular weight excluding hydrogens is 414 g/mol. The minimum atomic E-state index is -0.796. The van der Waals surface area contributed by atoms with Gasteiger partial charge in [-0.25, -0.2) is 4.90 Å². The van der Waals surface area contributed by atoms with Gasteiger partial charge in [0.15, 0.2) is 0 Å². The average Bonchev–Trinajstić information content (AvgIpc) is 3.33. The summed E-state index contributed by atoms with van der Waals surface area (Å²) < 4.78 is 0. The summed E-state index contributed by atoms with van der Waals surface area (Å²) in [7, 11) is 0. The fraction of sp³-hybridized carbons (Fsp3) is 0.148. The van der Waals surface area contributed by atoms with Gasteiger partial charge in [0.2, 0.25) is 17.7 Å². The second kappa shape index (κ2) is 7.45. The number of nitrogens with zero attached hydrogens (tertiary/aromatic N) is 2. The van der Waals surface area contributed by atoms with Crippen LogP contribution in [0.15, 0.2) is 91.1 Å². The van der Waals surface area contributed by atoms with Gasteiger partial charge in [-0.3, -0.25) is 14.4 Å². The summed E-state index contributed by atoms with van der Waals surface area (Å²) in [6, 6.07) is 24.8. The highest BCUT2D eigenvalue weighted by atomic mass is 16.2. The van der Waals surface area contributed by atoms with Gasteiger partial charge in [0, 0.05) is 11.9 Å². The summed E-state index contributed by atoms with van der Waals surface area (Å²) in [5.74, 6) is -2.30. The highest BCUT2D eigenvalue weighted by Gasteiger charge is 2.64. The van der Waals surface area contributed by atoms with Crippen molar-refractivity contribution in [1.29, 1.82) is 0 Å². The summed E-state index contributed by atoms with van der Waals surface area (Å²) >= 11 is 0. The molecule has 0 aliphatic carbocycles. The van der Waals surface area contributed by atoms with Gasteiger partial charge in [-0.2, -0.15) is 0 Å². The van der Waals surface area contributed by atoms with Crippen molar-refractivity contribution in [2.24, 2.45) is 11.8 Å². The lowest BCUT2D eigenvalue weighted by Crippen LogP contribution is -2.46. The van der Waals surface area contributed by atoms with Crippen molar-refractivity contribution in [1.82, 2.24) is 4.90 Å². The number of anilines is 2. The van der Waals surface area contributed by atoms with Gasteiger partial charge in [-0.15, -0.1) is 0 Å². The van der Waals surface area contributed by atoms with Crippen LogP contribution in [-0.2, 0) is 14.4 Å². The lowest BCUT2D eigenvalue weighted by Gasteiger charge is -2.35. The van der Waals surface area contributed by atoms with Crippen LogP contribution in [0.5, 0.6) is 0 Å². The maximum atomic E-state index is 13.7. The van der Waals surface area contributed by atoms with E-state index in [1.54, 1.807) is 36.4 Å². The fourth-order valence-electron chi connectivity index (χ4n) is 5.43. The Bertz CT molecular complexity index is 1290. The van der Waals surface area contributed by atoms with E-state index in [4.69, 9.17) is 0 Å². The standard InChI is InChI=1S/C27H21N3O3/c31-25(28-18-10-3-1-4-11-18)24-22-21(23-20-14-8-7-9-17(20)15-16-29(23)24)26(32)30(27(22)33)19-12-5-2-6-13-19/h1-16,21-24H,(H,28,31). The lowest BCUT2D eigenvalue weighted by molar-refractivity contribution is -0.128. The fourth-order valence-corrected chi connectivity index (χ4v) is 5.43. The van der Waals surface area contributed by atoms with Gasteiger partial charge in [-0.1, -0.05) is 60.7 Å². The van der Waals surface area contributed by atoms with Crippen molar-refractivity contribution in [3.05, 3.63) is 102 Å². The zero-order valence-electron chi connectivity index (χ0n) is 17.7. The van der Waals surface area contributed by atoms with Crippen LogP contribution in [0.1, 0.15) is 17.2 Å². The Balaban J connectivity index is 1.45. The largest absolute Gasteiger partial charge is 0.357 e. The molecule has 3 aromatic carbocycles. The normalized spacial score (nSPS) is 25.0. The number of amides is 3. The first-order chi connectivity index (χ1) is 16.1. The molecule has 6 heteroatoms. The number of hydrogen-bond donors (Lipinski definition) is 1. The van der Waals surface area contributed by atoms with Crippen LogP contribution >= 0.6 is 0 Å². The molecule has 2 saturated heterocycles. The molecule has 4 unspecified atom stereocenters. The maximum Gasteiger partial charge on any atom is 0.247 e. The van der Waals surface area contributed by atoms with Gasteiger partial charge in [0.1, 0.15) is 6.04 Å². The second-order valence-corrected chi connectivity index (χ2v) is 8.54. The summed E-state index contributed by atoms with van der Waals surface area (Å²) in [6.45, 7) is 0. The molecule has 0 spiro atoms. The third kappa shape index (κ3) is 2.91. The van der Waals surface area contributed by atoms with Crippen LogP contribution in [0.25, 0.3) is 6.08 Å².